The maximum atomic E-state index is 4.55. The molecule has 2 heterocycles. The van der Waals surface area contributed by atoms with Crippen LogP contribution in [0.2, 0.25) is 0 Å². The third-order valence-corrected chi connectivity index (χ3v) is 3.55. The first-order valence-corrected chi connectivity index (χ1v) is 7.23. The zero-order chi connectivity index (χ0) is 13.9. The van der Waals surface area contributed by atoms with Gasteiger partial charge in [-0.15, -0.1) is 0 Å². The number of nitrogens with zero attached hydrogens (tertiary/aromatic N) is 3. The lowest BCUT2D eigenvalue weighted by Gasteiger charge is -2.20. The maximum Gasteiger partial charge on any atom is 0.147 e. The molecule has 0 radical (unpaired) electrons. The van der Waals surface area contributed by atoms with Crippen LogP contribution in [0.4, 0.5) is 5.82 Å². The van der Waals surface area contributed by atoms with Crippen LogP contribution in [0.25, 0.3) is 0 Å². The fraction of sp³-hybridized carbons (Fsp3) is 0.733. The van der Waals surface area contributed by atoms with Gasteiger partial charge >= 0.3 is 0 Å². The lowest BCUT2D eigenvalue weighted by Crippen LogP contribution is -2.24. The van der Waals surface area contributed by atoms with Crippen molar-refractivity contribution in [3.63, 3.8) is 0 Å². The predicted molar refractivity (Wildman–Crippen MR) is 79.2 cm³/mol. The van der Waals surface area contributed by atoms with Crippen molar-refractivity contribution in [3.05, 3.63) is 18.1 Å². The first-order chi connectivity index (χ1) is 8.96. The molecular weight excluding hydrogens is 236 g/mol. The van der Waals surface area contributed by atoms with Gasteiger partial charge in [0.25, 0.3) is 0 Å². The summed E-state index contributed by atoms with van der Waals surface area (Å²) in [7, 11) is 0. The molecule has 0 spiro atoms. The second-order valence-electron chi connectivity index (χ2n) is 6.73. The maximum absolute atomic E-state index is 4.55. The summed E-state index contributed by atoms with van der Waals surface area (Å²) in [5.74, 6) is 1.68. The molecule has 2 rings (SSSR count). The van der Waals surface area contributed by atoms with Crippen molar-refractivity contribution in [2.75, 3.05) is 24.5 Å². The number of nitrogens with one attached hydrogen (secondary N) is 1. The van der Waals surface area contributed by atoms with Crippen LogP contribution in [0, 0.1) is 11.3 Å². The SMILES string of the molecule is CC(C)CNCc1cnc(N2CCC(C)(C)C2)cn1. The molecule has 0 unspecified atom stereocenters. The summed E-state index contributed by atoms with van der Waals surface area (Å²) < 4.78 is 0. The Morgan fingerprint density at radius 2 is 2.11 bits per heavy atom. The van der Waals surface area contributed by atoms with E-state index in [2.05, 4.69) is 47.9 Å². The molecule has 1 N–H and O–H groups in total. The molecule has 1 fully saturated rings. The van der Waals surface area contributed by atoms with Gasteiger partial charge in [0, 0.05) is 19.6 Å². The Balaban J connectivity index is 1.88. The van der Waals surface area contributed by atoms with Crippen molar-refractivity contribution in [1.82, 2.24) is 15.3 Å². The van der Waals surface area contributed by atoms with Gasteiger partial charge in [-0.1, -0.05) is 27.7 Å². The number of hydrogen-bond donors (Lipinski definition) is 1. The van der Waals surface area contributed by atoms with Crippen LogP contribution < -0.4 is 10.2 Å². The van der Waals surface area contributed by atoms with Crippen LogP contribution in [-0.4, -0.2) is 29.6 Å². The molecule has 4 heteroatoms. The standard InChI is InChI=1S/C15H26N4/c1-12(2)7-16-8-13-9-18-14(10-17-13)19-6-5-15(3,4)11-19/h9-10,12,16H,5-8,11H2,1-4H3. The summed E-state index contributed by atoms with van der Waals surface area (Å²) in [4.78, 5) is 11.4. The molecule has 1 aliphatic rings. The highest BCUT2D eigenvalue weighted by molar-refractivity contribution is 5.37. The Hall–Kier alpha value is -1.16. The lowest BCUT2D eigenvalue weighted by molar-refractivity contribution is 0.418. The van der Waals surface area contributed by atoms with E-state index in [-0.39, 0.29) is 0 Å². The molecule has 0 bridgehead atoms. The van der Waals surface area contributed by atoms with Crippen LogP contribution in [0.15, 0.2) is 12.4 Å². The van der Waals surface area contributed by atoms with E-state index in [0.717, 1.165) is 37.7 Å². The zero-order valence-electron chi connectivity index (χ0n) is 12.6. The number of aromatic nitrogens is 2. The Bertz CT molecular complexity index is 397. The number of anilines is 1. The van der Waals surface area contributed by atoms with Gasteiger partial charge in [-0.2, -0.15) is 0 Å². The topological polar surface area (TPSA) is 41.1 Å². The van der Waals surface area contributed by atoms with E-state index in [0.29, 0.717) is 11.3 Å². The lowest BCUT2D eigenvalue weighted by atomic mass is 9.93. The Labute approximate surface area is 116 Å². The quantitative estimate of drug-likeness (QED) is 0.885. The van der Waals surface area contributed by atoms with Gasteiger partial charge in [-0.05, 0) is 24.3 Å². The van der Waals surface area contributed by atoms with Crippen LogP contribution in [0.1, 0.15) is 39.8 Å². The van der Waals surface area contributed by atoms with Gasteiger partial charge in [-0.25, -0.2) is 4.98 Å². The Morgan fingerprint density at radius 1 is 1.32 bits per heavy atom. The van der Waals surface area contributed by atoms with Gasteiger partial charge in [0.2, 0.25) is 0 Å². The minimum atomic E-state index is 0.402. The second-order valence-corrected chi connectivity index (χ2v) is 6.73. The predicted octanol–water partition coefficient (Wildman–Crippen LogP) is 2.46. The molecule has 1 aromatic heterocycles. The highest BCUT2D eigenvalue weighted by Crippen LogP contribution is 2.31. The third-order valence-electron chi connectivity index (χ3n) is 3.55. The minimum absolute atomic E-state index is 0.402. The van der Waals surface area contributed by atoms with Gasteiger partial charge < -0.3 is 10.2 Å². The van der Waals surface area contributed by atoms with E-state index in [4.69, 9.17) is 0 Å². The molecule has 1 aromatic rings. The second kappa shape index (κ2) is 5.87. The van der Waals surface area contributed by atoms with Gasteiger partial charge in [-0.3, -0.25) is 4.98 Å². The highest BCUT2D eigenvalue weighted by atomic mass is 15.2. The first-order valence-electron chi connectivity index (χ1n) is 7.23. The van der Waals surface area contributed by atoms with Crippen LogP contribution in [0.3, 0.4) is 0 Å². The summed E-state index contributed by atoms with van der Waals surface area (Å²) in [6, 6.07) is 0. The van der Waals surface area contributed by atoms with Crippen molar-refractivity contribution in [2.45, 2.75) is 40.7 Å². The highest BCUT2D eigenvalue weighted by Gasteiger charge is 2.29. The van der Waals surface area contributed by atoms with Crippen molar-refractivity contribution in [2.24, 2.45) is 11.3 Å². The fourth-order valence-corrected chi connectivity index (χ4v) is 2.40. The molecule has 0 saturated carbocycles. The molecule has 106 valence electrons. The molecule has 0 amide bonds. The normalized spacial score (nSPS) is 18.3. The fourth-order valence-electron chi connectivity index (χ4n) is 2.40. The van der Waals surface area contributed by atoms with E-state index in [1.54, 1.807) is 0 Å². The molecule has 19 heavy (non-hydrogen) atoms. The summed E-state index contributed by atoms with van der Waals surface area (Å²) in [6.45, 7) is 13.0. The molecule has 4 nitrogen and oxygen atoms in total. The van der Waals surface area contributed by atoms with Gasteiger partial charge in [0.05, 0.1) is 18.1 Å². The smallest absolute Gasteiger partial charge is 0.147 e. The van der Waals surface area contributed by atoms with E-state index in [1.165, 1.54) is 6.42 Å². The Morgan fingerprint density at radius 3 is 2.63 bits per heavy atom. The summed E-state index contributed by atoms with van der Waals surface area (Å²) in [5, 5.41) is 3.39. The Kier molecular flexibility index (Phi) is 4.40. The van der Waals surface area contributed by atoms with E-state index >= 15 is 0 Å². The third kappa shape index (κ3) is 4.16. The molecule has 0 atom stereocenters. The van der Waals surface area contributed by atoms with E-state index in [9.17, 15) is 0 Å². The monoisotopic (exact) mass is 262 g/mol. The number of rotatable bonds is 5. The van der Waals surface area contributed by atoms with E-state index in [1.807, 2.05) is 12.4 Å². The molecule has 1 saturated heterocycles. The molecule has 1 aliphatic heterocycles. The van der Waals surface area contributed by atoms with Crippen LogP contribution in [-0.2, 0) is 6.54 Å². The first kappa shape index (κ1) is 14.3. The van der Waals surface area contributed by atoms with Gasteiger partial charge in [0.15, 0.2) is 0 Å². The summed E-state index contributed by atoms with van der Waals surface area (Å²) in [6.07, 6.45) is 5.04. The summed E-state index contributed by atoms with van der Waals surface area (Å²) in [5.41, 5.74) is 1.42. The summed E-state index contributed by atoms with van der Waals surface area (Å²) >= 11 is 0. The van der Waals surface area contributed by atoms with Crippen LogP contribution in [0.5, 0.6) is 0 Å². The van der Waals surface area contributed by atoms with Crippen LogP contribution >= 0.6 is 0 Å². The average Bonchev–Trinajstić information content (AvgIpc) is 2.70. The van der Waals surface area contributed by atoms with Crippen molar-refractivity contribution in [3.8, 4) is 0 Å². The van der Waals surface area contributed by atoms with Gasteiger partial charge in [0.1, 0.15) is 5.82 Å². The number of hydrogen-bond acceptors (Lipinski definition) is 4. The molecular formula is C15H26N4. The largest absolute Gasteiger partial charge is 0.355 e. The van der Waals surface area contributed by atoms with Crippen molar-refractivity contribution < 1.29 is 0 Å². The van der Waals surface area contributed by atoms with E-state index < -0.39 is 0 Å². The minimum Gasteiger partial charge on any atom is -0.355 e. The van der Waals surface area contributed by atoms with Crippen molar-refractivity contribution >= 4 is 5.82 Å². The molecule has 0 aromatic carbocycles. The molecule has 0 aliphatic carbocycles. The zero-order valence-corrected chi connectivity index (χ0v) is 12.6. The van der Waals surface area contributed by atoms with Crippen molar-refractivity contribution in [1.29, 1.82) is 0 Å². The average molecular weight is 262 g/mol.